The number of aryl methyl sites for hydroxylation is 1. The Labute approximate surface area is 166 Å². The molecule has 0 saturated carbocycles. The fourth-order valence-electron chi connectivity index (χ4n) is 2.86. The van der Waals surface area contributed by atoms with Gasteiger partial charge in [0.05, 0.1) is 5.56 Å². The first-order valence-electron chi connectivity index (χ1n) is 8.51. The summed E-state index contributed by atoms with van der Waals surface area (Å²) < 4.78 is 4.95. The van der Waals surface area contributed by atoms with Crippen molar-refractivity contribution in [2.45, 2.75) is 25.7 Å². The molecule has 1 aromatic carbocycles. The molecule has 1 aromatic heterocycles. The number of hydrogen-bond donors (Lipinski definition) is 1. The number of amides is 1. The first-order valence-corrected chi connectivity index (χ1v) is 9.71. The van der Waals surface area contributed by atoms with Gasteiger partial charge >= 0.3 is 5.97 Å². The van der Waals surface area contributed by atoms with Crippen LogP contribution in [-0.2, 0) is 27.2 Å². The Hall–Kier alpha value is -2.62. The quantitative estimate of drug-likeness (QED) is 0.597. The van der Waals surface area contributed by atoms with Gasteiger partial charge in [-0.15, -0.1) is 11.3 Å². The number of halogens is 1. The Morgan fingerprint density at radius 3 is 2.74 bits per heavy atom. The zero-order chi connectivity index (χ0) is 19.2. The van der Waals surface area contributed by atoms with E-state index in [0.717, 1.165) is 41.7 Å². The average molecular weight is 401 g/mol. The minimum absolute atomic E-state index is 0.406. The predicted octanol–water partition coefficient (Wildman–Crippen LogP) is 4.35. The predicted molar refractivity (Wildman–Crippen MR) is 106 cm³/mol. The number of hydrogen-bond acceptors (Lipinski definition) is 5. The molecule has 0 spiro atoms. The highest BCUT2D eigenvalue weighted by Crippen LogP contribution is 2.37. The molecular weight excluding hydrogens is 384 g/mol. The van der Waals surface area contributed by atoms with Crippen LogP contribution in [0.25, 0.3) is 6.08 Å². The van der Waals surface area contributed by atoms with Gasteiger partial charge in [-0.05, 0) is 55.0 Å². The van der Waals surface area contributed by atoms with Gasteiger partial charge in [0.2, 0.25) is 0 Å². The summed E-state index contributed by atoms with van der Waals surface area (Å²) in [6.45, 7) is -0.406. The van der Waals surface area contributed by atoms with Crippen molar-refractivity contribution in [1.82, 2.24) is 0 Å². The van der Waals surface area contributed by atoms with Crippen molar-refractivity contribution in [2.75, 3.05) is 11.9 Å². The Morgan fingerprint density at radius 1 is 1.26 bits per heavy atom. The lowest BCUT2D eigenvalue weighted by Gasteiger charge is -2.09. The van der Waals surface area contributed by atoms with Gasteiger partial charge in [-0.1, -0.05) is 23.7 Å². The molecule has 0 bridgehead atoms. The van der Waals surface area contributed by atoms with Crippen molar-refractivity contribution in [3.8, 4) is 6.07 Å². The zero-order valence-electron chi connectivity index (χ0n) is 14.5. The third-order valence-corrected chi connectivity index (χ3v) is 5.62. The number of thiophene rings is 1. The summed E-state index contributed by atoms with van der Waals surface area (Å²) in [7, 11) is 0. The number of anilines is 1. The third-order valence-electron chi connectivity index (χ3n) is 4.16. The molecule has 0 saturated heterocycles. The van der Waals surface area contributed by atoms with Gasteiger partial charge in [0.15, 0.2) is 6.61 Å². The van der Waals surface area contributed by atoms with E-state index in [0.29, 0.717) is 15.6 Å². The van der Waals surface area contributed by atoms with E-state index in [1.165, 1.54) is 17.4 Å². The number of nitrogens with zero attached hydrogens (tertiary/aromatic N) is 1. The Morgan fingerprint density at radius 2 is 2.00 bits per heavy atom. The summed E-state index contributed by atoms with van der Waals surface area (Å²) in [6, 6.07) is 9.14. The minimum Gasteiger partial charge on any atom is -0.452 e. The summed E-state index contributed by atoms with van der Waals surface area (Å²) in [5.41, 5.74) is 2.38. The molecule has 3 rings (SSSR count). The Kier molecular flexibility index (Phi) is 6.28. The third kappa shape index (κ3) is 4.97. The van der Waals surface area contributed by atoms with Crippen LogP contribution in [0.4, 0.5) is 5.00 Å². The van der Waals surface area contributed by atoms with Crippen LogP contribution in [0.2, 0.25) is 5.02 Å². The summed E-state index contributed by atoms with van der Waals surface area (Å²) in [5.74, 6) is -1.08. The topological polar surface area (TPSA) is 79.2 Å². The lowest BCUT2D eigenvalue weighted by molar-refractivity contribution is -0.142. The molecule has 0 fully saturated rings. The van der Waals surface area contributed by atoms with Crippen molar-refractivity contribution in [3.63, 3.8) is 0 Å². The number of nitriles is 1. The van der Waals surface area contributed by atoms with Crippen LogP contribution >= 0.6 is 22.9 Å². The lowest BCUT2D eigenvalue weighted by atomic mass is 9.96. The van der Waals surface area contributed by atoms with Crippen LogP contribution in [0.5, 0.6) is 0 Å². The number of benzene rings is 1. The number of carbonyl (C=O) groups is 2. The van der Waals surface area contributed by atoms with Crippen LogP contribution in [0, 0.1) is 11.3 Å². The van der Waals surface area contributed by atoms with E-state index in [1.807, 2.05) is 0 Å². The molecule has 0 radical (unpaired) electrons. The van der Waals surface area contributed by atoms with Gasteiger partial charge in [0, 0.05) is 16.0 Å². The van der Waals surface area contributed by atoms with E-state index < -0.39 is 18.5 Å². The number of carbonyl (C=O) groups excluding carboxylic acids is 2. The van der Waals surface area contributed by atoms with Crippen molar-refractivity contribution in [3.05, 3.63) is 56.9 Å². The first kappa shape index (κ1) is 19.2. The summed E-state index contributed by atoms with van der Waals surface area (Å²) >= 11 is 7.24. The Balaban J connectivity index is 1.54. The standard InChI is InChI=1S/C20H17ClN2O3S/c21-14-8-5-13(6-9-14)7-10-19(25)26-12-18(24)23-20-16(11-22)15-3-1-2-4-17(15)27-20/h5-10H,1-4,12H2,(H,23,24)/b10-7+. The molecule has 5 nitrogen and oxygen atoms in total. The normalized spacial score (nSPS) is 13.0. The highest BCUT2D eigenvalue weighted by Gasteiger charge is 2.21. The van der Waals surface area contributed by atoms with Crippen LogP contribution in [0.1, 0.15) is 34.4 Å². The van der Waals surface area contributed by atoms with Crippen molar-refractivity contribution in [2.24, 2.45) is 0 Å². The smallest absolute Gasteiger partial charge is 0.331 e. The van der Waals surface area contributed by atoms with Gasteiger partial charge in [-0.3, -0.25) is 4.79 Å². The number of ether oxygens (including phenoxy) is 1. The molecule has 2 aromatic rings. The minimum atomic E-state index is -0.619. The summed E-state index contributed by atoms with van der Waals surface area (Å²) in [5, 5.41) is 13.2. The molecular formula is C20H17ClN2O3S. The van der Waals surface area contributed by atoms with E-state index >= 15 is 0 Å². The highest BCUT2D eigenvalue weighted by atomic mass is 35.5. The van der Waals surface area contributed by atoms with Gasteiger partial charge in [-0.25, -0.2) is 4.79 Å². The fraction of sp³-hybridized carbons (Fsp3) is 0.250. The van der Waals surface area contributed by atoms with E-state index in [2.05, 4.69) is 11.4 Å². The summed E-state index contributed by atoms with van der Waals surface area (Å²) in [4.78, 5) is 25.0. The van der Waals surface area contributed by atoms with E-state index in [1.54, 1.807) is 30.3 Å². The van der Waals surface area contributed by atoms with Crippen molar-refractivity contribution in [1.29, 1.82) is 5.26 Å². The van der Waals surface area contributed by atoms with Crippen LogP contribution in [0.3, 0.4) is 0 Å². The monoisotopic (exact) mass is 400 g/mol. The summed E-state index contributed by atoms with van der Waals surface area (Å²) in [6.07, 6.45) is 6.80. The molecule has 1 aliphatic carbocycles. The second-order valence-electron chi connectivity index (χ2n) is 6.07. The van der Waals surface area contributed by atoms with Gasteiger partial charge in [0.25, 0.3) is 5.91 Å². The molecule has 1 amide bonds. The molecule has 0 atom stereocenters. The van der Waals surface area contributed by atoms with Gasteiger partial charge in [0.1, 0.15) is 11.1 Å². The Bertz CT molecular complexity index is 926. The van der Waals surface area contributed by atoms with Crippen LogP contribution in [-0.4, -0.2) is 18.5 Å². The first-order chi connectivity index (χ1) is 13.1. The molecule has 27 heavy (non-hydrogen) atoms. The van der Waals surface area contributed by atoms with Crippen LogP contribution < -0.4 is 5.32 Å². The number of fused-ring (bicyclic) bond motifs is 1. The maximum Gasteiger partial charge on any atom is 0.331 e. The number of esters is 1. The molecule has 0 aliphatic heterocycles. The van der Waals surface area contributed by atoms with Crippen molar-refractivity contribution >= 4 is 45.9 Å². The van der Waals surface area contributed by atoms with Gasteiger partial charge in [-0.2, -0.15) is 5.26 Å². The molecule has 0 unspecified atom stereocenters. The SMILES string of the molecule is N#Cc1c(NC(=O)COC(=O)/C=C/c2ccc(Cl)cc2)sc2c1CCCC2. The van der Waals surface area contributed by atoms with Crippen LogP contribution in [0.15, 0.2) is 30.3 Å². The van der Waals surface area contributed by atoms with E-state index in [9.17, 15) is 14.9 Å². The second-order valence-corrected chi connectivity index (χ2v) is 7.61. The molecule has 7 heteroatoms. The zero-order valence-corrected chi connectivity index (χ0v) is 16.0. The molecule has 138 valence electrons. The van der Waals surface area contributed by atoms with E-state index in [4.69, 9.17) is 16.3 Å². The molecule has 1 aliphatic rings. The molecule has 1 heterocycles. The van der Waals surface area contributed by atoms with E-state index in [-0.39, 0.29) is 0 Å². The van der Waals surface area contributed by atoms with Crippen molar-refractivity contribution < 1.29 is 14.3 Å². The largest absolute Gasteiger partial charge is 0.452 e. The molecule has 1 N–H and O–H groups in total. The lowest BCUT2D eigenvalue weighted by Crippen LogP contribution is -2.20. The fourth-order valence-corrected chi connectivity index (χ4v) is 4.24. The van der Waals surface area contributed by atoms with Gasteiger partial charge < -0.3 is 10.1 Å². The second kappa shape index (κ2) is 8.85. The maximum atomic E-state index is 12.1. The average Bonchev–Trinajstić information content (AvgIpc) is 3.02. The highest BCUT2D eigenvalue weighted by molar-refractivity contribution is 7.16. The number of rotatable bonds is 5. The maximum absolute atomic E-state index is 12.1. The number of nitrogens with one attached hydrogen (secondary N) is 1.